The van der Waals surface area contributed by atoms with Crippen LogP contribution in [0.1, 0.15) is 17.1 Å². The summed E-state index contributed by atoms with van der Waals surface area (Å²) in [6.45, 7) is 3.95. The van der Waals surface area contributed by atoms with Gasteiger partial charge in [-0.15, -0.1) is 11.8 Å². The van der Waals surface area contributed by atoms with Gasteiger partial charge in [0.25, 0.3) is 5.89 Å². The second kappa shape index (κ2) is 5.87. The third kappa shape index (κ3) is 3.25. The Kier molecular flexibility index (Phi) is 3.94. The number of nitrogen functional groups attached to an aromatic ring is 1. The Hall–Kier alpha value is -1.86. The van der Waals surface area contributed by atoms with E-state index >= 15 is 0 Å². The van der Waals surface area contributed by atoms with Crippen LogP contribution in [0.2, 0.25) is 0 Å². The summed E-state index contributed by atoms with van der Waals surface area (Å²) in [5.41, 5.74) is 7.75. The number of thiazole rings is 1. The Bertz CT molecular complexity index is 749. The minimum Gasteiger partial charge on any atom is -0.375 e. The van der Waals surface area contributed by atoms with Gasteiger partial charge >= 0.3 is 0 Å². The van der Waals surface area contributed by atoms with Crippen molar-refractivity contribution in [1.82, 2.24) is 15.1 Å². The van der Waals surface area contributed by atoms with Crippen LogP contribution in [0.25, 0.3) is 10.8 Å². The third-order valence-electron chi connectivity index (χ3n) is 2.86. The van der Waals surface area contributed by atoms with Gasteiger partial charge < -0.3 is 10.3 Å². The number of nitrogens with zero attached hydrogens (tertiary/aromatic N) is 3. The first-order chi connectivity index (χ1) is 10.1. The van der Waals surface area contributed by atoms with Crippen LogP contribution in [0.4, 0.5) is 5.13 Å². The maximum Gasteiger partial charge on any atom is 0.270 e. The quantitative estimate of drug-likeness (QED) is 0.739. The number of aromatic nitrogens is 3. The molecule has 0 saturated carbocycles. The van der Waals surface area contributed by atoms with E-state index in [0.717, 1.165) is 10.6 Å². The molecule has 108 valence electrons. The molecule has 7 heteroatoms. The fourth-order valence-electron chi connectivity index (χ4n) is 1.80. The molecule has 0 bridgehead atoms. The molecule has 0 aliphatic rings. The van der Waals surface area contributed by atoms with Crippen molar-refractivity contribution in [2.45, 2.75) is 24.5 Å². The minimum atomic E-state index is 0.487. The van der Waals surface area contributed by atoms with Crippen molar-refractivity contribution in [1.29, 1.82) is 0 Å². The highest BCUT2D eigenvalue weighted by Gasteiger charge is 2.15. The van der Waals surface area contributed by atoms with Crippen molar-refractivity contribution in [3.8, 4) is 10.8 Å². The van der Waals surface area contributed by atoms with Crippen LogP contribution in [-0.4, -0.2) is 15.1 Å². The highest BCUT2D eigenvalue weighted by atomic mass is 32.2. The van der Waals surface area contributed by atoms with Crippen molar-refractivity contribution in [2.75, 3.05) is 5.73 Å². The lowest BCUT2D eigenvalue weighted by atomic mass is 10.2. The molecule has 2 heterocycles. The summed E-state index contributed by atoms with van der Waals surface area (Å²) in [6, 6.07) is 8.37. The zero-order chi connectivity index (χ0) is 14.8. The normalized spacial score (nSPS) is 11.0. The lowest BCUT2D eigenvalue weighted by molar-refractivity contribution is 0.425. The smallest absolute Gasteiger partial charge is 0.270 e. The number of anilines is 1. The van der Waals surface area contributed by atoms with Crippen LogP contribution in [0.5, 0.6) is 0 Å². The standard InChI is InChI=1S/C14H14N4OS2/c1-8-3-5-10(6-4-8)20-7-11-17-13(19-18-11)12-9(2)16-14(15)21-12/h3-6H,7H2,1-2H3,(H2,15,16). The maximum atomic E-state index is 5.68. The number of hydrogen-bond acceptors (Lipinski definition) is 7. The number of hydrogen-bond donors (Lipinski definition) is 1. The number of aryl methyl sites for hydroxylation is 2. The SMILES string of the molecule is Cc1ccc(SCc2noc(-c3sc(N)nc3C)n2)cc1. The predicted octanol–water partition coefficient (Wildman–Crippen LogP) is 3.68. The van der Waals surface area contributed by atoms with Gasteiger partial charge in [0.2, 0.25) is 0 Å². The van der Waals surface area contributed by atoms with E-state index in [1.807, 2.05) is 6.92 Å². The molecular formula is C14H14N4OS2. The summed E-state index contributed by atoms with van der Waals surface area (Å²) in [5.74, 6) is 1.82. The molecule has 5 nitrogen and oxygen atoms in total. The maximum absolute atomic E-state index is 5.68. The first kappa shape index (κ1) is 14.1. The van der Waals surface area contributed by atoms with E-state index in [9.17, 15) is 0 Å². The summed E-state index contributed by atoms with van der Waals surface area (Å²) in [5, 5.41) is 4.52. The molecule has 3 rings (SSSR count). The van der Waals surface area contributed by atoms with Crippen LogP contribution in [0.3, 0.4) is 0 Å². The van der Waals surface area contributed by atoms with Crippen molar-refractivity contribution in [2.24, 2.45) is 0 Å². The molecule has 1 aromatic carbocycles. The summed E-state index contributed by atoms with van der Waals surface area (Å²) in [4.78, 5) is 10.6. The number of nitrogens with two attached hydrogens (primary N) is 1. The van der Waals surface area contributed by atoms with Crippen molar-refractivity contribution >= 4 is 28.2 Å². The van der Waals surface area contributed by atoms with E-state index in [1.165, 1.54) is 21.8 Å². The lowest BCUT2D eigenvalue weighted by Crippen LogP contribution is -1.84. The minimum absolute atomic E-state index is 0.487. The van der Waals surface area contributed by atoms with Gasteiger partial charge in [-0.1, -0.05) is 34.2 Å². The predicted molar refractivity (Wildman–Crippen MR) is 85.3 cm³/mol. The molecule has 0 unspecified atom stereocenters. The number of thioether (sulfide) groups is 1. The van der Waals surface area contributed by atoms with Crippen LogP contribution in [-0.2, 0) is 5.75 Å². The van der Waals surface area contributed by atoms with Crippen molar-refractivity contribution < 1.29 is 4.52 Å². The van der Waals surface area contributed by atoms with Crippen molar-refractivity contribution in [3.63, 3.8) is 0 Å². The third-order valence-corrected chi connectivity index (χ3v) is 4.85. The molecule has 0 radical (unpaired) electrons. The van der Waals surface area contributed by atoms with Gasteiger partial charge in [0.1, 0.15) is 4.88 Å². The number of rotatable bonds is 4. The Morgan fingerprint density at radius 2 is 1.95 bits per heavy atom. The fourth-order valence-corrected chi connectivity index (χ4v) is 3.30. The molecule has 0 spiro atoms. The van der Waals surface area contributed by atoms with E-state index in [4.69, 9.17) is 10.3 Å². The fraction of sp³-hybridized carbons (Fsp3) is 0.214. The monoisotopic (exact) mass is 318 g/mol. The molecule has 0 aliphatic carbocycles. The van der Waals surface area contributed by atoms with Gasteiger partial charge in [0.05, 0.1) is 11.4 Å². The average molecular weight is 318 g/mol. The molecule has 0 amide bonds. The molecular weight excluding hydrogens is 304 g/mol. The van der Waals surface area contributed by atoms with Gasteiger partial charge in [-0.05, 0) is 26.0 Å². The summed E-state index contributed by atoms with van der Waals surface area (Å²) < 4.78 is 5.29. The lowest BCUT2D eigenvalue weighted by Gasteiger charge is -1.98. The van der Waals surface area contributed by atoms with Crippen LogP contribution >= 0.6 is 23.1 Å². The van der Waals surface area contributed by atoms with E-state index in [1.54, 1.807) is 11.8 Å². The second-order valence-corrected chi connectivity index (χ2v) is 6.66. The topological polar surface area (TPSA) is 77.8 Å². The summed E-state index contributed by atoms with van der Waals surface area (Å²) in [7, 11) is 0. The van der Waals surface area contributed by atoms with Crippen LogP contribution < -0.4 is 5.73 Å². The number of benzene rings is 1. The zero-order valence-electron chi connectivity index (χ0n) is 11.7. The van der Waals surface area contributed by atoms with Crippen molar-refractivity contribution in [3.05, 3.63) is 41.3 Å². The van der Waals surface area contributed by atoms with Crippen LogP contribution in [0.15, 0.2) is 33.7 Å². The Balaban J connectivity index is 1.70. The summed E-state index contributed by atoms with van der Waals surface area (Å²) >= 11 is 3.04. The summed E-state index contributed by atoms with van der Waals surface area (Å²) in [6.07, 6.45) is 0. The Morgan fingerprint density at radius 1 is 1.19 bits per heavy atom. The Labute approximate surface area is 130 Å². The van der Waals surface area contributed by atoms with E-state index < -0.39 is 0 Å². The molecule has 21 heavy (non-hydrogen) atoms. The van der Waals surface area contributed by atoms with Gasteiger partial charge in [-0.25, -0.2) is 4.98 Å². The van der Waals surface area contributed by atoms with Gasteiger partial charge in [-0.3, -0.25) is 0 Å². The molecule has 2 aromatic heterocycles. The molecule has 2 N–H and O–H groups in total. The van der Waals surface area contributed by atoms with Crippen LogP contribution in [0, 0.1) is 13.8 Å². The van der Waals surface area contributed by atoms with Gasteiger partial charge in [-0.2, -0.15) is 4.98 Å². The average Bonchev–Trinajstić information content (AvgIpc) is 3.04. The molecule has 0 fully saturated rings. The highest BCUT2D eigenvalue weighted by molar-refractivity contribution is 7.98. The molecule has 0 aliphatic heterocycles. The zero-order valence-corrected chi connectivity index (χ0v) is 13.3. The van der Waals surface area contributed by atoms with E-state index in [2.05, 4.69) is 46.3 Å². The second-order valence-electron chi connectivity index (χ2n) is 4.58. The van der Waals surface area contributed by atoms with Gasteiger partial charge in [0, 0.05) is 4.90 Å². The van der Waals surface area contributed by atoms with E-state index in [-0.39, 0.29) is 0 Å². The first-order valence-electron chi connectivity index (χ1n) is 6.37. The van der Waals surface area contributed by atoms with Gasteiger partial charge in [0.15, 0.2) is 11.0 Å². The largest absolute Gasteiger partial charge is 0.375 e. The first-order valence-corrected chi connectivity index (χ1v) is 8.17. The molecule has 0 saturated heterocycles. The Morgan fingerprint density at radius 3 is 2.62 bits per heavy atom. The molecule has 0 atom stereocenters. The molecule has 3 aromatic rings. The highest BCUT2D eigenvalue weighted by Crippen LogP contribution is 2.30. The van der Waals surface area contributed by atoms with E-state index in [0.29, 0.717) is 22.6 Å².